The highest BCUT2D eigenvalue weighted by molar-refractivity contribution is 7.10. The molecule has 0 radical (unpaired) electrons. The van der Waals surface area contributed by atoms with Crippen molar-refractivity contribution in [2.75, 3.05) is 19.6 Å². The SMILES string of the molecule is CCN(CC)C(=O)C1c2ccccc2C(=O)N(CC(C)C)C1c1cccs1. The first-order chi connectivity index (χ1) is 13.0. The number of carbonyl (C=O) groups is 2. The molecule has 5 heteroatoms. The van der Waals surface area contributed by atoms with Crippen LogP contribution in [0.5, 0.6) is 0 Å². The van der Waals surface area contributed by atoms with Crippen molar-refractivity contribution in [1.29, 1.82) is 0 Å². The molecule has 1 aliphatic rings. The van der Waals surface area contributed by atoms with Crippen LogP contribution in [0.3, 0.4) is 0 Å². The maximum Gasteiger partial charge on any atom is 0.254 e. The zero-order chi connectivity index (χ0) is 19.6. The Kier molecular flexibility index (Phi) is 6.00. The van der Waals surface area contributed by atoms with Crippen LogP contribution in [0.1, 0.15) is 60.5 Å². The number of hydrogen-bond acceptors (Lipinski definition) is 3. The molecule has 4 nitrogen and oxygen atoms in total. The monoisotopic (exact) mass is 384 g/mol. The lowest BCUT2D eigenvalue weighted by Crippen LogP contribution is -2.49. The van der Waals surface area contributed by atoms with Gasteiger partial charge in [0, 0.05) is 30.1 Å². The molecule has 0 saturated heterocycles. The standard InChI is InChI=1S/C22H28N2O2S/c1-5-23(6-2)22(26)19-16-10-7-8-11-17(16)21(25)24(14-15(3)4)20(19)18-12-9-13-27-18/h7-13,15,19-20H,5-6,14H2,1-4H3. The summed E-state index contributed by atoms with van der Waals surface area (Å²) in [5.74, 6) is 0.0930. The fraction of sp³-hybridized carbons (Fsp3) is 0.455. The van der Waals surface area contributed by atoms with E-state index in [4.69, 9.17) is 0 Å². The average molecular weight is 385 g/mol. The number of fused-ring (bicyclic) bond motifs is 1. The number of rotatable bonds is 6. The molecule has 2 heterocycles. The van der Waals surface area contributed by atoms with Gasteiger partial charge in [-0.15, -0.1) is 11.3 Å². The number of benzene rings is 1. The summed E-state index contributed by atoms with van der Waals surface area (Å²) in [6.45, 7) is 10.2. The van der Waals surface area contributed by atoms with Crippen LogP contribution in [0, 0.1) is 5.92 Å². The zero-order valence-corrected chi connectivity index (χ0v) is 17.3. The quantitative estimate of drug-likeness (QED) is 0.733. The van der Waals surface area contributed by atoms with Crippen LogP contribution < -0.4 is 0 Å². The first-order valence-corrected chi connectivity index (χ1v) is 10.6. The second-order valence-electron chi connectivity index (χ2n) is 7.39. The highest BCUT2D eigenvalue weighted by atomic mass is 32.1. The molecule has 0 saturated carbocycles. The number of thiophene rings is 1. The largest absolute Gasteiger partial charge is 0.343 e. The van der Waals surface area contributed by atoms with Crippen LogP contribution in [-0.4, -0.2) is 41.2 Å². The Morgan fingerprint density at radius 2 is 1.85 bits per heavy atom. The van der Waals surface area contributed by atoms with E-state index in [0.29, 0.717) is 31.1 Å². The van der Waals surface area contributed by atoms with E-state index in [1.807, 2.05) is 65.4 Å². The van der Waals surface area contributed by atoms with Crippen molar-refractivity contribution < 1.29 is 9.59 Å². The van der Waals surface area contributed by atoms with E-state index in [2.05, 4.69) is 13.8 Å². The summed E-state index contributed by atoms with van der Waals surface area (Å²) >= 11 is 1.62. The third-order valence-corrected chi connectivity index (χ3v) is 6.12. The van der Waals surface area contributed by atoms with Gasteiger partial charge in [-0.3, -0.25) is 9.59 Å². The molecular formula is C22H28N2O2S. The molecule has 2 amide bonds. The third kappa shape index (κ3) is 3.65. The third-order valence-electron chi connectivity index (χ3n) is 5.18. The molecule has 1 aromatic carbocycles. The van der Waals surface area contributed by atoms with Crippen molar-refractivity contribution in [3.63, 3.8) is 0 Å². The smallest absolute Gasteiger partial charge is 0.254 e. The Hall–Kier alpha value is -2.14. The first kappa shape index (κ1) is 19.6. The van der Waals surface area contributed by atoms with Gasteiger partial charge in [-0.25, -0.2) is 0 Å². The number of carbonyl (C=O) groups excluding carboxylic acids is 2. The molecule has 0 fully saturated rings. The van der Waals surface area contributed by atoms with Crippen LogP contribution in [0.25, 0.3) is 0 Å². The van der Waals surface area contributed by atoms with E-state index in [9.17, 15) is 9.59 Å². The minimum atomic E-state index is -0.365. The van der Waals surface area contributed by atoms with Gasteiger partial charge < -0.3 is 9.80 Å². The lowest BCUT2D eigenvalue weighted by molar-refractivity contribution is -0.134. The molecule has 27 heavy (non-hydrogen) atoms. The second kappa shape index (κ2) is 8.26. The summed E-state index contributed by atoms with van der Waals surface area (Å²) in [7, 11) is 0. The predicted octanol–water partition coefficient (Wildman–Crippen LogP) is 4.55. The van der Waals surface area contributed by atoms with Gasteiger partial charge in [-0.2, -0.15) is 0 Å². The summed E-state index contributed by atoms with van der Waals surface area (Å²) in [6.07, 6.45) is 0. The van der Waals surface area contributed by atoms with E-state index in [1.54, 1.807) is 11.3 Å². The number of amides is 2. The molecule has 2 atom stereocenters. The average Bonchev–Trinajstić information content (AvgIpc) is 3.18. The minimum Gasteiger partial charge on any atom is -0.343 e. The van der Waals surface area contributed by atoms with Gasteiger partial charge in [0.05, 0.1) is 12.0 Å². The summed E-state index contributed by atoms with van der Waals surface area (Å²) < 4.78 is 0. The van der Waals surface area contributed by atoms with Gasteiger partial charge in [0.1, 0.15) is 0 Å². The Balaban J connectivity index is 2.19. The predicted molar refractivity (Wildman–Crippen MR) is 110 cm³/mol. The Morgan fingerprint density at radius 1 is 1.15 bits per heavy atom. The lowest BCUT2D eigenvalue weighted by atomic mass is 9.80. The van der Waals surface area contributed by atoms with Gasteiger partial charge in [-0.05, 0) is 42.8 Å². The maximum atomic E-state index is 13.6. The summed E-state index contributed by atoms with van der Waals surface area (Å²) in [4.78, 5) is 31.8. The lowest BCUT2D eigenvalue weighted by Gasteiger charge is -2.43. The summed E-state index contributed by atoms with van der Waals surface area (Å²) in [5.41, 5.74) is 1.52. The number of nitrogens with zero attached hydrogens (tertiary/aromatic N) is 2. The molecule has 2 aromatic rings. The molecular weight excluding hydrogens is 356 g/mol. The molecule has 0 bridgehead atoms. The van der Waals surface area contributed by atoms with Crippen molar-refractivity contribution >= 4 is 23.2 Å². The molecule has 3 rings (SSSR count). The molecule has 1 aliphatic heterocycles. The van der Waals surface area contributed by atoms with Crippen LogP contribution >= 0.6 is 11.3 Å². The van der Waals surface area contributed by atoms with Crippen LogP contribution in [-0.2, 0) is 4.79 Å². The van der Waals surface area contributed by atoms with Crippen molar-refractivity contribution in [3.05, 3.63) is 57.8 Å². The maximum absolute atomic E-state index is 13.6. The number of hydrogen-bond donors (Lipinski definition) is 0. The Bertz CT molecular complexity index is 796. The molecule has 0 N–H and O–H groups in total. The Labute approximate surface area is 165 Å². The topological polar surface area (TPSA) is 40.6 Å². The van der Waals surface area contributed by atoms with Gasteiger partial charge >= 0.3 is 0 Å². The second-order valence-corrected chi connectivity index (χ2v) is 8.37. The zero-order valence-electron chi connectivity index (χ0n) is 16.5. The summed E-state index contributed by atoms with van der Waals surface area (Å²) in [6, 6.07) is 11.4. The molecule has 2 unspecified atom stereocenters. The van der Waals surface area contributed by atoms with Crippen LogP contribution in [0.4, 0.5) is 0 Å². The Morgan fingerprint density at radius 3 is 2.44 bits per heavy atom. The molecule has 1 aromatic heterocycles. The van der Waals surface area contributed by atoms with E-state index in [1.165, 1.54) is 0 Å². The van der Waals surface area contributed by atoms with Crippen molar-refractivity contribution in [2.45, 2.75) is 39.7 Å². The molecule has 0 aliphatic carbocycles. The van der Waals surface area contributed by atoms with Crippen molar-refractivity contribution in [2.24, 2.45) is 5.92 Å². The van der Waals surface area contributed by atoms with E-state index >= 15 is 0 Å². The fourth-order valence-electron chi connectivity index (χ4n) is 3.96. The highest BCUT2D eigenvalue weighted by Gasteiger charge is 2.45. The van der Waals surface area contributed by atoms with Crippen LogP contribution in [0.2, 0.25) is 0 Å². The van der Waals surface area contributed by atoms with Gasteiger partial charge in [0.25, 0.3) is 5.91 Å². The minimum absolute atomic E-state index is 0.0290. The van der Waals surface area contributed by atoms with Gasteiger partial charge in [-0.1, -0.05) is 38.1 Å². The molecule has 0 spiro atoms. The van der Waals surface area contributed by atoms with Crippen LogP contribution in [0.15, 0.2) is 41.8 Å². The van der Waals surface area contributed by atoms with E-state index in [0.717, 1.165) is 10.4 Å². The van der Waals surface area contributed by atoms with Gasteiger partial charge in [0.15, 0.2) is 0 Å². The van der Waals surface area contributed by atoms with Crippen molar-refractivity contribution in [3.8, 4) is 0 Å². The molecule has 144 valence electrons. The number of likely N-dealkylation sites (N-methyl/N-ethyl adjacent to an activating group) is 1. The van der Waals surface area contributed by atoms with E-state index in [-0.39, 0.29) is 23.8 Å². The summed E-state index contributed by atoms with van der Waals surface area (Å²) in [5, 5.41) is 2.02. The van der Waals surface area contributed by atoms with Crippen molar-refractivity contribution in [1.82, 2.24) is 9.80 Å². The first-order valence-electron chi connectivity index (χ1n) is 9.71. The highest BCUT2D eigenvalue weighted by Crippen LogP contribution is 2.45. The van der Waals surface area contributed by atoms with Gasteiger partial charge in [0.2, 0.25) is 5.91 Å². The normalized spacial score (nSPS) is 19.3. The fourth-order valence-corrected chi connectivity index (χ4v) is 4.84. The van der Waals surface area contributed by atoms with E-state index < -0.39 is 0 Å².